The van der Waals surface area contributed by atoms with Gasteiger partial charge in [-0.05, 0) is 36.7 Å². The minimum atomic E-state index is -0.280. The summed E-state index contributed by atoms with van der Waals surface area (Å²) >= 11 is 0. The summed E-state index contributed by atoms with van der Waals surface area (Å²) in [6.07, 6.45) is 5.33. The van der Waals surface area contributed by atoms with Crippen LogP contribution in [0.1, 0.15) is 96.9 Å². The minimum Gasteiger partial charge on any atom is -0.444 e. The maximum Gasteiger partial charge on any atom is 0.407 e. The second-order valence-corrected chi connectivity index (χ2v) is 8.65. The van der Waals surface area contributed by atoms with Crippen molar-refractivity contribution in [2.45, 2.75) is 104 Å². The molecule has 0 aromatic carbocycles. The van der Waals surface area contributed by atoms with Crippen LogP contribution < -0.4 is 5.32 Å². The molecular formula is C21H37N3O2. The van der Waals surface area contributed by atoms with Crippen molar-refractivity contribution < 1.29 is 9.53 Å². The van der Waals surface area contributed by atoms with Crippen molar-refractivity contribution in [1.29, 1.82) is 0 Å². The third-order valence-electron chi connectivity index (χ3n) is 5.30. The van der Waals surface area contributed by atoms with Gasteiger partial charge in [-0.15, -0.1) is 0 Å². The van der Waals surface area contributed by atoms with Gasteiger partial charge in [-0.25, -0.2) is 4.79 Å². The molecule has 0 radical (unpaired) electrons. The molecule has 26 heavy (non-hydrogen) atoms. The molecule has 5 heteroatoms. The van der Waals surface area contributed by atoms with E-state index < -0.39 is 0 Å². The number of alkyl carbamates (subject to hydrolysis) is 1. The number of aromatic nitrogens is 2. The first-order chi connectivity index (χ1) is 12.3. The van der Waals surface area contributed by atoms with Crippen LogP contribution in [0.25, 0.3) is 0 Å². The van der Waals surface area contributed by atoms with Gasteiger partial charge in [-0.3, -0.25) is 4.68 Å². The van der Waals surface area contributed by atoms with Gasteiger partial charge in [0.25, 0.3) is 0 Å². The number of nitrogens with zero attached hydrogens (tertiary/aromatic N) is 2. The van der Waals surface area contributed by atoms with Gasteiger partial charge in [0.15, 0.2) is 0 Å². The average molecular weight is 364 g/mol. The molecule has 0 unspecified atom stereocenters. The molecule has 1 fully saturated rings. The number of nitrogens with one attached hydrogen (secondary N) is 1. The molecule has 0 bridgehead atoms. The Morgan fingerprint density at radius 1 is 1.15 bits per heavy atom. The molecule has 1 saturated carbocycles. The molecule has 2 rings (SSSR count). The van der Waals surface area contributed by atoms with Crippen molar-refractivity contribution in [3.05, 3.63) is 17.5 Å². The molecule has 1 aliphatic rings. The molecule has 1 aliphatic carbocycles. The third-order valence-corrected chi connectivity index (χ3v) is 5.30. The average Bonchev–Trinajstić information content (AvgIpc) is 2.99. The Balaban J connectivity index is 2.04. The summed E-state index contributed by atoms with van der Waals surface area (Å²) in [6.45, 7) is 13.5. The number of hydrogen-bond acceptors (Lipinski definition) is 3. The van der Waals surface area contributed by atoms with Crippen molar-refractivity contribution in [2.24, 2.45) is 5.92 Å². The predicted molar refractivity (Wildman–Crippen MR) is 106 cm³/mol. The highest BCUT2D eigenvalue weighted by atomic mass is 16.6. The maximum atomic E-state index is 12.4. The molecule has 1 heterocycles. The predicted octanol–water partition coefficient (Wildman–Crippen LogP) is 5.21. The number of hydrogen-bond donors (Lipinski definition) is 1. The zero-order valence-corrected chi connectivity index (χ0v) is 17.4. The van der Waals surface area contributed by atoms with E-state index in [1.54, 1.807) is 0 Å². The molecule has 1 atom stereocenters. The topological polar surface area (TPSA) is 56.1 Å². The molecule has 0 spiro atoms. The summed E-state index contributed by atoms with van der Waals surface area (Å²) in [5, 5.41) is 7.84. The number of amides is 1. The van der Waals surface area contributed by atoms with Gasteiger partial charge in [0.05, 0.1) is 12.2 Å². The van der Waals surface area contributed by atoms with Gasteiger partial charge in [0.2, 0.25) is 0 Å². The quantitative estimate of drug-likeness (QED) is 0.723. The monoisotopic (exact) mass is 363 g/mol. The summed E-state index contributed by atoms with van der Waals surface area (Å²) in [5.41, 5.74) is 2.30. The van der Waals surface area contributed by atoms with Crippen LogP contribution in [0.5, 0.6) is 0 Å². The van der Waals surface area contributed by atoms with Crippen LogP contribution in [0.4, 0.5) is 4.79 Å². The Hall–Kier alpha value is -1.52. The van der Waals surface area contributed by atoms with Crippen LogP contribution in [-0.2, 0) is 11.3 Å². The molecular weight excluding hydrogens is 326 g/mol. The van der Waals surface area contributed by atoms with E-state index in [1.807, 2.05) is 4.68 Å². The Kier molecular flexibility index (Phi) is 7.54. The normalized spacial score (nSPS) is 17.1. The lowest BCUT2D eigenvalue weighted by atomic mass is 9.96. The lowest BCUT2D eigenvalue weighted by molar-refractivity contribution is 0.0540. The van der Waals surface area contributed by atoms with E-state index in [0.717, 1.165) is 18.5 Å². The highest BCUT2D eigenvalue weighted by molar-refractivity contribution is 5.67. The van der Waals surface area contributed by atoms with E-state index >= 15 is 0 Å². The van der Waals surface area contributed by atoms with Crippen molar-refractivity contribution in [1.82, 2.24) is 15.1 Å². The van der Waals surface area contributed by atoms with Crippen LogP contribution in [0.2, 0.25) is 0 Å². The largest absolute Gasteiger partial charge is 0.444 e. The number of rotatable bonds is 7. The number of carbonyl (C=O) groups is 1. The SMILES string of the molecule is CC(C)c1cc(C(C)C)n(C[C@H](OC(=O)NC2CCCCC2)C(C)C)n1. The molecule has 1 N–H and O–H groups in total. The molecule has 148 valence electrons. The lowest BCUT2D eigenvalue weighted by Crippen LogP contribution is -2.40. The first-order valence-corrected chi connectivity index (χ1v) is 10.3. The van der Waals surface area contributed by atoms with Crippen LogP contribution in [0, 0.1) is 5.92 Å². The standard InChI is InChI=1S/C21H37N3O2/c1-14(2)18-12-19(15(3)4)24(23-18)13-20(16(5)6)26-21(25)22-17-10-8-7-9-11-17/h12,14-17,20H,7-11,13H2,1-6H3,(H,22,25)/t20-/m0/s1. The van der Waals surface area contributed by atoms with E-state index in [-0.39, 0.29) is 24.2 Å². The molecule has 1 aromatic heterocycles. The summed E-state index contributed by atoms with van der Waals surface area (Å²) in [6, 6.07) is 2.46. The van der Waals surface area contributed by atoms with E-state index in [0.29, 0.717) is 18.4 Å². The lowest BCUT2D eigenvalue weighted by Gasteiger charge is -2.26. The van der Waals surface area contributed by atoms with Crippen molar-refractivity contribution in [3.63, 3.8) is 0 Å². The van der Waals surface area contributed by atoms with E-state index in [4.69, 9.17) is 9.84 Å². The van der Waals surface area contributed by atoms with Crippen molar-refractivity contribution in [2.75, 3.05) is 0 Å². The maximum absolute atomic E-state index is 12.4. The van der Waals surface area contributed by atoms with Crippen LogP contribution in [-0.4, -0.2) is 28.0 Å². The molecule has 0 saturated heterocycles. The first-order valence-electron chi connectivity index (χ1n) is 10.3. The fraction of sp³-hybridized carbons (Fsp3) is 0.810. The second kappa shape index (κ2) is 9.43. The summed E-state index contributed by atoms with van der Waals surface area (Å²) in [7, 11) is 0. The summed E-state index contributed by atoms with van der Waals surface area (Å²) in [4.78, 5) is 12.4. The third kappa shape index (κ3) is 5.75. The van der Waals surface area contributed by atoms with E-state index in [1.165, 1.54) is 25.0 Å². The Labute approximate surface area is 158 Å². The van der Waals surface area contributed by atoms with Gasteiger partial charge in [0, 0.05) is 11.7 Å². The zero-order chi connectivity index (χ0) is 19.3. The fourth-order valence-electron chi connectivity index (χ4n) is 3.48. The Bertz CT molecular complexity index is 572. The minimum absolute atomic E-state index is 0.184. The highest BCUT2D eigenvalue weighted by Gasteiger charge is 2.24. The van der Waals surface area contributed by atoms with Crippen LogP contribution >= 0.6 is 0 Å². The Morgan fingerprint density at radius 3 is 2.35 bits per heavy atom. The van der Waals surface area contributed by atoms with E-state index in [9.17, 15) is 4.79 Å². The fourth-order valence-corrected chi connectivity index (χ4v) is 3.48. The summed E-state index contributed by atoms with van der Waals surface area (Å²) < 4.78 is 7.85. The summed E-state index contributed by atoms with van der Waals surface area (Å²) in [5.74, 6) is 1.01. The molecule has 5 nitrogen and oxygen atoms in total. The van der Waals surface area contributed by atoms with E-state index in [2.05, 4.69) is 52.9 Å². The second-order valence-electron chi connectivity index (χ2n) is 8.65. The smallest absolute Gasteiger partial charge is 0.407 e. The number of carbonyl (C=O) groups excluding carboxylic acids is 1. The molecule has 1 amide bonds. The van der Waals surface area contributed by atoms with Gasteiger partial charge >= 0.3 is 6.09 Å². The van der Waals surface area contributed by atoms with Crippen LogP contribution in [0.3, 0.4) is 0 Å². The first kappa shape index (κ1) is 20.8. The van der Waals surface area contributed by atoms with Crippen molar-refractivity contribution >= 4 is 6.09 Å². The van der Waals surface area contributed by atoms with Gasteiger partial charge < -0.3 is 10.1 Å². The van der Waals surface area contributed by atoms with Gasteiger partial charge in [-0.1, -0.05) is 60.8 Å². The van der Waals surface area contributed by atoms with Crippen LogP contribution in [0.15, 0.2) is 6.07 Å². The molecule has 1 aromatic rings. The zero-order valence-electron chi connectivity index (χ0n) is 17.4. The Morgan fingerprint density at radius 2 is 1.81 bits per heavy atom. The van der Waals surface area contributed by atoms with Gasteiger partial charge in [0.1, 0.15) is 6.10 Å². The van der Waals surface area contributed by atoms with Gasteiger partial charge in [-0.2, -0.15) is 5.10 Å². The molecule has 0 aliphatic heterocycles. The number of ether oxygens (including phenoxy) is 1. The van der Waals surface area contributed by atoms with Crippen molar-refractivity contribution in [3.8, 4) is 0 Å². The highest BCUT2D eigenvalue weighted by Crippen LogP contribution is 2.23.